The molecule has 0 aliphatic heterocycles. The summed E-state index contributed by atoms with van der Waals surface area (Å²) in [6.07, 6.45) is 5.56. The molecule has 1 aliphatic carbocycles. The number of halogens is 1. The van der Waals surface area contributed by atoms with E-state index in [-0.39, 0.29) is 10.2 Å². The molecule has 1 N–H and O–H groups in total. The number of aliphatic carboxylic acids is 1. The highest BCUT2D eigenvalue weighted by Gasteiger charge is 2.38. The van der Waals surface area contributed by atoms with Gasteiger partial charge in [-0.2, -0.15) is 0 Å². The van der Waals surface area contributed by atoms with E-state index in [4.69, 9.17) is 5.11 Å². The van der Waals surface area contributed by atoms with Crippen LogP contribution >= 0.6 is 15.9 Å². The van der Waals surface area contributed by atoms with Gasteiger partial charge in [-0.05, 0) is 12.8 Å². The van der Waals surface area contributed by atoms with Gasteiger partial charge in [0.05, 0.1) is 5.92 Å². The summed E-state index contributed by atoms with van der Waals surface area (Å²) in [4.78, 5) is 10.8. The van der Waals surface area contributed by atoms with Crippen LogP contribution in [-0.2, 0) is 4.79 Å². The molecule has 0 aromatic carbocycles. The highest BCUT2D eigenvalue weighted by Crippen LogP contribution is 2.41. The molecule has 0 amide bonds. The molecule has 0 heterocycles. The van der Waals surface area contributed by atoms with E-state index in [1.165, 1.54) is 6.42 Å². The molecule has 3 heteroatoms. The van der Waals surface area contributed by atoms with Crippen LogP contribution in [0.1, 0.15) is 39.0 Å². The van der Waals surface area contributed by atoms with Crippen molar-refractivity contribution in [2.45, 2.75) is 43.4 Å². The Kier molecular flexibility index (Phi) is 3.16. The van der Waals surface area contributed by atoms with E-state index in [0.717, 1.165) is 25.7 Å². The average Bonchev–Trinajstić information content (AvgIpc) is 2.04. The molecule has 1 rings (SSSR count). The molecule has 1 fully saturated rings. The lowest BCUT2D eigenvalue weighted by molar-refractivity contribution is -0.142. The summed E-state index contributed by atoms with van der Waals surface area (Å²) in [6.45, 7) is 1.79. The van der Waals surface area contributed by atoms with E-state index in [1.54, 1.807) is 6.92 Å². The lowest BCUT2D eigenvalue weighted by atomic mass is 9.80. The third kappa shape index (κ3) is 2.00. The smallest absolute Gasteiger partial charge is 0.307 e. The maximum Gasteiger partial charge on any atom is 0.307 e. The predicted molar refractivity (Wildman–Crippen MR) is 51.5 cm³/mol. The minimum absolute atomic E-state index is 0.128. The Morgan fingerprint density at radius 2 is 1.92 bits per heavy atom. The summed E-state index contributed by atoms with van der Waals surface area (Å²) in [6, 6.07) is 0. The number of rotatable bonds is 2. The van der Waals surface area contributed by atoms with E-state index in [2.05, 4.69) is 15.9 Å². The first-order valence-electron chi connectivity index (χ1n) is 4.48. The maximum absolute atomic E-state index is 10.8. The second kappa shape index (κ2) is 3.77. The molecule has 1 aliphatic rings. The van der Waals surface area contributed by atoms with Crippen molar-refractivity contribution < 1.29 is 9.90 Å². The number of hydrogen-bond acceptors (Lipinski definition) is 1. The highest BCUT2D eigenvalue weighted by molar-refractivity contribution is 9.10. The fraction of sp³-hybridized carbons (Fsp3) is 0.889. The van der Waals surface area contributed by atoms with Gasteiger partial charge in [0.15, 0.2) is 0 Å². The van der Waals surface area contributed by atoms with Gasteiger partial charge in [-0.25, -0.2) is 0 Å². The largest absolute Gasteiger partial charge is 0.481 e. The van der Waals surface area contributed by atoms with Crippen molar-refractivity contribution in [2.75, 3.05) is 0 Å². The normalized spacial score (nSPS) is 24.8. The molecule has 12 heavy (non-hydrogen) atoms. The van der Waals surface area contributed by atoms with Gasteiger partial charge in [-0.3, -0.25) is 4.79 Å². The van der Waals surface area contributed by atoms with Crippen molar-refractivity contribution in [3.63, 3.8) is 0 Å². The molecule has 0 aromatic rings. The number of carboxylic acids is 1. The number of hydrogen-bond donors (Lipinski definition) is 1. The second-order valence-electron chi connectivity index (χ2n) is 3.66. The van der Waals surface area contributed by atoms with E-state index >= 15 is 0 Å². The van der Waals surface area contributed by atoms with E-state index in [0.29, 0.717) is 0 Å². The SMILES string of the molecule is C[C@H](C(=O)O)C1(Br)CCCCC1. The zero-order valence-electron chi connectivity index (χ0n) is 7.35. The molecule has 0 bridgehead atoms. The zero-order valence-corrected chi connectivity index (χ0v) is 8.93. The first kappa shape index (κ1) is 10.0. The molecule has 0 radical (unpaired) electrons. The van der Waals surface area contributed by atoms with Crippen LogP contribution in [0.4, 0.5) is 0 Å². The third-order valence-corrected chi connectivity index (χ3v) is 4.31. The van der Waals surface area contributed by atoms with Gasteiger partial charge in [0, 0.05) is 4.32 Å². The third-order valence-electron chi connectivity index (χ3n) is 2.83. The quantitative estimate of drug-likeness (QED) is 0.747. The van der Waals surface area contributed by atoms with Crippen molar-refractivity contribution in [2.24, 2.45) is 5.92 Å². The zero-order chi connectivity index (χ0) is 9.19. The van der Waals surface area contributed by atoms with Crippen LogP contribution in [0.5, 0.6) is 0 Å². The van der Waals surface area contributed by atoms with Crippen LogP contribution in [0, 0.1) is 5.92 Å². The Bertz CT molecular complexity index is 173. The van der Waals surface area contributed by atoms with E-state index in [9.17, 15) is 4.79 Å². The summed E-state index contributed by atoms with van der Waals surface area (Å²) < 4.78 is -0.128. The van der Waals surface area contributed by atoms with Crippen LogP contribution < -0.4 is 0 Å². The molecular formula is C9H15BrO2. The standard InChI is InChI=1S/C9H15BrO2/c1-7(8(11)12)9(10)5-3-2-4-6-9/h7H,2-6H2,1H3,(H,11,12)/t7-/m1/s1. The van der Waals surface area contributed by atoms with Crippen LogP contribution in [0.25, 0.3) is 0 Å². The van der Waals surface area contributed by atoms with Crippen molar-refractivity contribution in [1.82, 2.24) is 0 Å². The van der Waals surface area contributed by atoms with Crippen LogP contribution in [0.2, 0.25) is 0 Å². The summed E-state index contributed by atoms with van der Waals surface area (Å²) in [5, 5.41) is 8.87. The Morgan fingerprint density at radius 3 is 2.33 bits per heavy atom. The van der Waals surface area contributed by atoms with Crippen molar-refractivity contribution in [3.05, 3.63) is 0 Å². The minimum Gasteiger partial charge on any atom is -0.481 e. The number of alkyl halides is 1. The first-order valence-corrected chi connectivity index (χ1v) is 5.27. The van der Waals surface area contributed by atoms with Crippen molar-refractivity contribution in [1.29, 1.82) is 0 Å². The Labute approximate surface area is 81.5 Å². The van der Waals surface area contributed by atoms with Crippen LogP contribution in [0.3, 0.4) is 0 Å². The van der Waals surface area contributed by atoms with Gasteiger partial charge < -0.3 is 5.11 Å². The molecule has 0 saturated heterocycles. The highest BCUT2D eigenvalue weighted by atomic mass is 79.9. The summed E-state index contributed by atoms with van der Waals surface area (Å²) in [5.41, 5.74) is 0. The van der Waals surface area contributed by atoms with Gasteiger partial charge in [0.1, 0.15) is 0 Å². The van der Waals surface area contributed by atoms with Crippen molar-refractivity contribution in [3.8, 4) is 0 Å². The van der Waals surface area contributed by atoms with E-state index < -0.39 is 5.97 Å². The summed E-state index contributed by atoms with van der Waals surface area (Å²) >= 11 is 3.58. The summed E-state index contributed by atoms with van der Waals surface area (Å²) in [7, 11) is 0. The van der Waals surface area contributed by atoms with Gasteiger partial charge >= 0.3 is 5.97 Å². The lowest BCUT2D eigenvalue weighted by Gasteiger charge is -2.34. The number of carbonyl (C=O) groups is 1. The number of carboxylic acid groups (broad SMARTS) is 1. The maximum atomic E-state index is 10.8. The Balaban J connectivity index is 2.62. The second-order valence-corrected chi connectivity index (χ2v) is 5.23. The fourth-order valence-electron chi connectivity index (χ4n) is 1.79. The molecule has 1 atom stereocenters. The molecule has 0 aromatic heterocycles. The van der Waals surface area contributed by atoms with Crippen molar-refractivity contribution >= 4 is 21.9 Å². The molecule has 0 unspecified atom stereocenters. The molecule has 0 spiro atoms. The molecule has 1 saturated carbocycles. The fourth-order valence-corrected chi connectivity index (χ4v) is 2.55. The predicted octanol–water partition coefficient (Wildman–Crippen LogP) is 2.80. The average molecular weight is 235 g/mol. The molecule has 2 nitrogen and oxygen atoms in total. The van der Waals surface area contributed by atoms with E-state index in [1.807, 2.05) is 0 Å². The van der Waals surface area contributed by atoms with Crippen LogP contribution in [-0.4, -0.2) is 15.4 Å². The topological polar surface area (TPSA) is 37.3 Å². The van der Waals surface area contributed by atoms with Crippen LogP contribution in [0.15, 0.2) is 0 Å². The molecule has 70 valence electrons. The Morgan fingerprint density at radius 1 is 1.42 bits per heavy atom. The first-order chi connectivity index (χ1) is 5.56. The molecular weight excluding hydrogens is 220 g/mol. The van der Waals surface area contributed by atoms with Gasteiger partial charge in [-0.1, -0.05) is 42.1 Å². The van der Waals surface area contributed by atoms with Gasteiger partial charge in [0.25, 0.3) is 0 Å². The minimum atomic E-state index is -0.686. The van der Waals surface area contributed by atoms with Gasteiger partial charge in [0.2, 0.25) is 0 Å². The summed E-state index contributed by atoms with van der Waals surface area (Å²) in [5.74, 6) is -0.952. The Hall–Kier alpha value is -0.0500. The monoisotopic (exact) mass is 234 g/mol. The van der Waals surface area contributed by atoms with Gasteiger partial charge in [-0.15, -0.1) is 0 Å². The lowest BCUT2D eigenvalue weighted by Crippen LogP contribution is -2.36.